The molecule has 118 valence electrons. The lowest BCUT2D eigenvalue weighted by molar-refractivity contribution is -0.393. The van der Waals surface area contributed by atoms with Crippen molar-refractivity contribution in [2.24, 2.45) is 5.10 Å². The number of anilines is 1. The smallest absolute Gasteiger partial charge is 0.301 e. The zero-order valence-corrected chi connectivity index (χ0v) is 12.0. The van der Waals surface area contributed by atoms with Crippen molar-refractivity contribution < 1.29 is 14.6 Å². The Kier molecular flexibility index (Phi) is 4.82. The van der Waals surface area contributed by atoms with Crippen LogP contribution < -0.4 is 10.2 Å². The third kappa shape index (κ3) is 4.00. The minimum absolute atomic E-state index is 0.0553. The molecule has 9 nitrogen and oxygen atoms in total. The van der Waals surface area contributed by atoms with Gasteiger partial charge < -0.3 is 4.74 Å². The molecule has 0 aliphatic heterocycles. The molecule has 0 aliphatic rings. The van der Waals surface area contributed by atoms with Gasteiger partial charge in [0.1, 0.15) is 11.4 Å². The van der Waals surface area contributed by atoms with Gasteiger partial charge >= 0.3 is 5.69 Å². The normalized spacial score (nSPS) is 10.5. The van der Waals surface area contributed by atoms with Gasteiger partial charge in [0.2, 0.25) is 0 Å². The summed E-state index contributed by atoms with van der Waals surface area (Å²) < 4.78 is 5.07. The molecule has 0 saturated carbocycles. The summed E-state index contributed by atoms with van der Waals surface area (Å²) in [5, 5.41) is 25.6. The Morgan fingerprint density at radius 2 is 1.91 bits per heavy atom. The number of hydrogen-bond acceptors (Lipinski definition) is 7. The maximum Gasteiger partial charge on any atom is 0.301 e. The predicted octanol–water partition coefficient (Wildman–Crippen LogP) is 2.96. The lowest BCUT2D eigenvalue weighted by Gasteiger charge is -2.02. The Morgan fingerprint density at radius 1 is 1.13 bits per heavy atom. The molecule has 0 radical (unpaired) electrons. The van der Waals surface area contributed by atoms with Gasteiger partial charge in [-0.05, 0) is 23.8 Å². The van der Waals surface area contributed by atoms with Crippen molar-refractivity contribution in [3.63, 3.8) is 0 Å². The van der Waals surface area contributed by atoms with E-state index in [0.717, 1.165) is 17.7 Å². The third-order valence-electron chi connectivity index (χ3n) is 2.88. The van der Waals surface area contributed by atoms with Crippen LogP contribution in [0.25, 0.3) is 0 Å². The minimum Gasteiger partial charge on any atom is -0.497 e. The highest BCUT2D eigenvalue weighted by molar-refractivity contribution is 5.81. The molecule has 0 fully saturated rings. The van der Waals surface area contributed by atoms with Gasteiger partial charge in [-0.3, -0.25) is 25.7 Å². The van der Waals surface area contributed by atoms with Crippen LogP contribution in [0.4, 0.5) is 17.1 Å². The van der Waals surface area contributed by atoms with Gasteiger partial charge in [-0.15, -0.1) is 0 Å². The zero-order valence-electron chi connectivity index (χ0n) is 12.0. The third-order valence-corrected chi connectivity index (χ3v) is 2.88. The first-order chi connectivity index (χ1) is 11.0. The summed E-state index contributed by atoms with van der Waals surface area (Å²) in [4.78, 5) is 20.2. The number of nitro groups is 2. The van der Waals surface area contributed by atoms with Crippen LogP contribution in [0.5, 0.6) is 5.75 Å². The van der Waals surface area contributed by atoms with E-state index in [9.17, 15) is 20.2 Å². The summed E-state index contributed by atoms with van der Waals surface area (Å²) >= 11 is 0. The van der Waals surface area contributed by atoms with E-state index < -0.39 is 15.5 Å². The average Bonchev–Trinajstić information content (AvgIpc) is 2.55. The van der Waals surface area contributed by atoms with Gasteiger partial charge in [0.05, 0.1) is 29.2 Å². The van der Waals surface area contributed by atoms with E-state index in [4.69, 9.17) is 4.74 Å². The molecule has 0 amide bonds. The van der Waals surface area contributed by atoms with Crippen LogP contribution in [0.2, 0.25) is 0 Å². The predicted molar refractivity (Wildman–Crippen MR) is 84.0 cm³/mol. The van der Waals surface area contributed by atoms with Crippen LogP contribution >= 0.6 is 0 Å². The summed E-state index contributed by atoms with van der Waals surface area (Å²) in [6, 6.07) is 10.3. The number of nitro benzene ring substituents is 2. The van der Waals surface area contributed by atoms with E-state index in [1.807, 2.05) is 0 Å². The van der Waals surface area contributed by atoms with Crippen LogP contribution in [0, 0.1) is 20.2 Å². The van der Waals surface area contributed by atoms with Gasteiger partial charge in [0, 0.05) is 6.07 Å². The van der Waals surface area contributed by atoms with Gasteiger partial charge in [0.15, 0.2) is 0 Å². The number of nitrogens with zero attached hydrogens (tertiary/aromatic N) is 3. The van der Waals surface area contributed by atoms with E-state index in [0.29, 0.717) is 5.75 Å². The molecule has 0 saturated heterocycles. The van der Waals surface area contributed by atoms with E-state index in [-0.39, 0.29) is 11.4 Å². The van der Waals surface area contributed by atoms with Gasteiger partial charge in [-0.2, -0.15) is 5.10 Å². The van der Waals surface area contributed by atoms with Crippen molar-refractivity contribution in [2.75, 3.05) is 12.5 Å². The Balaban J connectivity index is 2.20. The minimum atomic E-state index is -0.712. The highest BCUT2D eigenvalue weighted by atomic mass is 16.6. The highest BCUT2D eigenvalue weighted by Crippen LogP contribution is 2.28. The number of benzene rings is 2. The fraction of sp³-hybridized carbons (Fsp3) is 0.0714. The first kappa shape index (κ1) is 15.9. The van der Waals surface area contributed by atoms with Crippen molar-refractivity contribution in [1.82, 2.24) is 0 Å². The summed E-state index contributed by atoms with van der Waals surface area (Å²) in [5.41, 5.74) is 2.50. The molecule has 0 heterocycles. The first-order valence-corrected chi connectivity index (χ1v) is 6.37. The molecule has 0 bridgehead atoms. The van der Waals surface area contributed by atoms with E-state index in [1.54, 1.807) is 24.3 Å². The second-order valence-corrected chi connectivity index (χ2v) is 4.36. The summed E-state index contributed by atoms with van der Waals surface area (Å²) in [5.74, 6) is 0.648. The molecule has 2 rings (SSSR count). The first-order valence-electron chi connectivity index (χ1n) is 6.37. The Bertz CT molecular complexity index is 776. The Morgan fingerprint density at radius 3 is 2.57 bits per heavy atom. The lowest BCUT2D eigenvalue weighted by atomic mass is 10.2. The van der Waals surface area contributed by atoms with Crippen molar-refractivity contribution in [2.45, 2.75) is 0 Å². The molecule has 0 aliphatic carbocycles. The molecule has 0 aromatic heterocycles. The summed E-state index contributed by atoms with van der Waals surface area (Å²) in [7, 11) is 1.54. The number of methoxy groups -OCH3 is 1. The van der Waals surface area contributed by atoms with E-state index >= 15 is 0 Å². The number of hydrazone groups is 1. The number of rotatable bonds is 6. The number of hydrogen-bond donors (Lipinski definition) is 1. The van der Waals surface area contributed by atoms with Crippen LogP contribution in [0.1, 0.15) is 5.56 Å². The standard InChI is InChI=1S/C14H12N4O5/c1-23-12-4-2-3-10(7-12)9-15-16-13-6-5-11(17(19)20)8-14(13)18(21)22/h2-9,16H,1H3/b15-9-. The topological polar surface area (TPSA) is 120 Å². The summed E-state index contributed by atoms with van der Waals surface area (Å²) in [6.07, 6.45) is 1.45. The fourth-order valence-corrected chi connectivity index (χ4v) is 1.78. The van der Waals surface area contributed by atoms with Crippen molar-refractivity contribution in [3.05, 3.63) is 68.3 Å². The lowest BCUT2D eigenvalue weighted by Crippen LogP contribution is -1.98. The number of ether oxygens (including phenoxy) is 1. The number of non-ortho nitro benzene ring substituents is 1. The Hall–Kier alpha value is -3.49. The van der Waals surface area contributed by atoms with Gasteiger partial charge in [-0.25, -0.2) is 0 Å². The molecule has 0 atom stereocenters. The quantitative estimate of drug-likeness (QED) is 0.497. The molecule has 0 spiro atoms. The monoisotopic (exact) mass is 316 g/mol. The second kappa shape index (κ2) is 6.98. The largest absolute Gasteiger partial charge is 0.497 e. The van der Waals surface area contributed by atoms with Crippen LogP contribution in [-0.4, -0.2) is 23.2 Å². The van der Waals surface area contributed by atoms with Crippen molar-refractivity contribution >= 4 is 23.3 Å². The molecule has 23 heavy (non-hydrogen) atoms. The van der Waals surface area contributed by atoms with Gasteiger partial charge in [0.25, 0.3) is 5.69 Å². The molecule has 0 unspecified atom stereocenters. The number of nitrogens with one attached hydrogen (secondary N) is 1. The van der Waals surface area contributed by atoms with Crippen LogP contribution in [-0.2, 0) is 0 Å². The van der Waals surface area contributed by atoms with Crippen LogP contribution in [0.15, 0.2) is 47.6 Å². The molecular weight excluding hydrogens is 304 g/mol. The van der Waals surface area contributed by atoms with Crippen LogP contribution in [0.3, 0.4) is 0 Å². The molecule has 2 aromatic carbocycles. The fourth-order valence-electron chi connectivity index (χ4n) is 1.78. The van der Waals surface area contributed by atoms with E-state index in [2.05, 4.69) is 10.5 Å². The SMILES string of the molecule is COc1cccc(/C=N\Nc2ccc([N+](=O)[O-])cc2[N+](=O)[O-])c1. The van der Waals surface area contributed by atoms with Crippen molar-refractivity contribution in [3.8, 4) is 5.75 Å². The van der Waals surface area contributed by atoms with E-state index in [1.165, 1.54) is 19.4 Å². The maximum atomic E-state index is 11.0. The average molecular weight is 316 g/mol. The molecule has 2 aromatic rings. The zero-order chi connectivity index (χ0) is 16.8. The second-order valence-electron chi connectivity index (χ2n) is 4.36. The Labute approximate surface area is 130 Å². The molecular formula is C14H12N4O5. The highest BCUT2D eigenvalue weighted by Gasteiger charge is 2.18. The van der Waals surface area contributed by atoms with Gasteiger partial charge in [-0.1, -0.05) is 12.1 Å². The molecule has 1 N–H and O–H groups in total. The summed E-state index contributed by atoms with van der Waals surface area (Å²) in [6.45, 7) is 0. The van der Waals surface area contributed by atoms with Crippen molar-refractivity contribution in [1.29, 1.82) is 0 Å². The molecule has 9 heteroatoms. The maximum absolute atomic E-state index is 11.0.